The van der Waals surface area contributed by atoms with Gasteiger partial charge >= 0.3 is 0 Å². The second kappa shape index (κ2) is 5.51. The van der Waals surface area contributed by atoms with Crippen LogP contribution in [0.2, 0.25) is 10.0 Å². The smallest absolute Gasteiger partial charge is 0.169 e. The lowest BCUT2D eigenvalue weighted by atomic mass is 10.0. The van der Waals surface area contributed by atoms with Gasteiger partial charge in [0.1, 0.15) is 0 Å². The van der Waals surface area contributed by atoms with Crippen molar-refractivity contribution in [3.05, 3.63) is 63.8 Å². The number of halogens is 2. The average Bonchev–Trinajstić information content (AvgIpc) is 2.75. The second-order valence-corrected chi connectivity index (χ2v) is 5.72. The first kappa shape index (κ1) is 14.1. The van der Waals surface area contributed by atoms with Crippen LogP contribution >= 0.6 is 23.2 Å². The fourth-order valence-electron chi connectivity index (χ4n) is 2.39. The summed E-state index contributed by atoms with van der Waals surface area (Å²) in [6.07, 6.45) is 0.220. The van der Waals surface area contributed by atoms with Crippen molar-refractivity contribution in [2.24, 2.45) is 7.05 Å². The molecule has 1 heterocycles. The predicted octanol–water partition coefficient (Wildman–Crippen LogP) is 4.31. The lowest BCUT2D eigenvalue weighted by Crippen LogP contribution is -2.05. The fraction of sp³-hybridized carbons (Fsp3) is 0.125. The Bertz CT molecular complexity index is 819. The standard InChI is InChI=1S/C16H12Cl2N2O/c1-20-15-5-3-2-4-13(15)14(19-20)9-16(21)10-6-11(17)8-12(18)7-10/h2-8H,9H2,1H3. The van der Waals surface area contributed by atoms with Crippen LogP contribution in [-0.4, -0.2) is 15.6 Å². The molecule has 0 spiro atoms. The summed E-state index contributed by atoms with van der Waals surface area (Å²) in [7, 11) is 1.87. The van der Waals surface area contributed by atoms with Crippen LogP contribution in [-0.2, 0) is 13.5 Å². The third kappa shape index (κ3) is 2.80. The van der Waals surface area contributed by atoms with E-state index in [4.69, 9.17) is 23.2 Å². The van der Waals surface area contributed by atoms with Crippen LogP contribution in [0.4, 0.5) is 0 Å². The summed E-state index contributed by atoms with van der Waals surface area (Å²) < 4.78 is 1.78. The zero-order valence-corrected chi connectivity index (χ0v) is 12.8. The number of hydrogen-bond donors (Lipinski definition) is 0. The molecule has 0 N–H and O–H groups in total. The highest BCUT2D eigenvalue weighted by atomic mass is 35.5. The molecule has 2 aromatic carbocycles. The molecule has 3 rings (SSSR count). The van der Waals surface area contributed by atoms with Gasteiger partial charge in [0, 0.05) is 28.0 Å². The first-order valence-electron chi connectivity index (χ1n) is 6.44. The molecule has 0 atom stereocenters. The highest BCUT2D eigenvalue weighted by Gasteiger charge is 2.14. The number of hydrogen-bond acceptors (Lipinski definition) is 2. The Morgan fingerprint density at radius 2 is 1.81 bits per heavy atom. The summed E-state index contributed by atoms with van der Waals surface area (Å²) in [5.74, 6) is -0.0525. The van der Waals surface area contributed by atoms with Crippen molar-refractivity contribution < 1.29 is 4.79 Å². The Morgan fingerprint density at radius 3 is 2.52 bits per heavy atom. The molecular formula is C16H12Cl2N2O. The number of Topliss-reactive ketones (excluding diaryl/α,β-unsaturated/α-hetero) is 1. The van der Waals surface area contributed by atoms with Crippen molar-refractivity contribution in [1.82, 2.24) is 9.78 Å². The number of aromatic nitrogens is 2. The number of fused-ring (bicyclic) bond motifs is 1. The quantitative estimate of drug-likeness (QED) is 0.675. The van der Waals surface area contributed by atoms with Crippen molar-refractivity contribution in [3.63, 3.8) is 0 Å². The van der Waals surface area contributed by atoms with Gasteiger partial charge in [-0.15, -0.1) is 0 Å². The molecule has 0 bridgehead atoms. The van der Waals surface area contributed by atoms with Crippen molar-refractivity contribution in [3.8, 4) is 0 Å². The molecule has 3 aromatic rings. The van der Waals surface area contributed by atoms with Crippen molar-refractivity contribution in [2.45, 2.75) is 6.42 Å². The largest absolute Gasteiger partial charge is 0.294 e. The van der Waals surface area contributed by atoms with Crippen LogP contribution in [0.15, 0.2) is 42.5 Å². The lowest BCUT2D eigenvalue weighted by Gasteiger charge is -2.02. The Kier molecular flexibility index (Phi) is 3.70. The monoisotopic (exact) mass is 318 g/mol. The van der Waals surface area contributed by atoms with Gasteiger partial charge in [0.25, 0.3) is 0 Å². The van der Waals surface area contributed by atoms with Crippen molar-refractivity contribution >= 4 is 39.9 Å². The van der Waals surface area contributed by atoms with Crippen molar-refractivity contribution in [2.75, 3.05) is 0 Å². The van der Waals surface area contributed by atoms with Crippen LogP contribution in [0, 0.1) is 0 Å². The van der Waals surface area contributed by atoms with E-state index in [1.807, 2.05) is 31.3 Å². The van der Waals surface area contributed by atoms with Gasteiger partial charge in [0.2, 0.25) is 0 Å². The van der Waals surface area contributed by atoms with E-state index in [0.29, 0.717) is 15.6 Å². The van der Waals surface area contributed by atoms with Gasteiger partial charge in [0.05, 0.1) is 17.6 Å². The maximum Gasteiger partial charge on any atom is 0.169 e. The molecule has 0 aliphatic rings. The molecule has 0 amide bonds. The predicted molar refractivity (Wildman–Crippen MR) is 85.2 cm³/mol. The van der Waals surface area contributed by atoms with Crippen molar-refractivity contribution in [1.29, 1.82) is 0 Å². The van der Waals surface area contributed by atoms with E-state index in [0.717, 1.165) is 16.6 Å². The maximum atomic E-state index is 12.4. The van der Waals surface area contributed by atoms with E-state index in [1.54, 1.807) is 22.9 Å². The number of rotatable bonds is 3. The first-order chi connectivity index (χ1) is 10.0. The molecule has 0 radical (unpaired) electrons. The van der Waals surface area contributed by atoms with Crippen LogP contribution in [0.25, 0.3) is 10.9 Å². The second-order valence-electron chi connectivity index (χ2n) is 4.85. The van der Waals surface area contributed by atoms with Gasteiger partial charge in [-0.05, 0) is 24.3 Å². The summed E-state index contributed by atoms with van der Waals surface area (Å²) >= 11 is 11.9. The first-order valence-corrected chi connectivity index (χ1v) is 7.20. The number of para-hydroxylation sites is 1. The highest BCUT2D eigenvalue weighted by Crippen LogP contribution is 2.22. The number of benzene rings is 2. The molecule has 5 heteroatoms. The molecule has 3 nitrogen and oxygen atoms in total. The number of ketones is 1. The molecule has 1 aromatic heterocycles. The maximum absolute atomic E-state index is 12.4. The minimum absolute atomic E-state index is 0.0525. The van der Waals surface area contributed by atoms with Gasteiger partial charge in [0.15, 0.2) is 5.78 Å². The van der Waals surface area contributed by atoms with Gasteiger partial charge in [-0.3, -0.25) is 9.48 Å². The molecule has 0 fully saturated rings. The van der Waals surface area contributed by atoms with Gasteiger partial charge < -0.3 is 0 Å². The summed E-state index contributed by atoms with van der Waals surface area (Å²) in [5, 5.41) is 6.33. The highest BCUT2D eigenvalue weighted by molar-refractivity contribution is 6.35. The fourth-order valence-corrected chi connectivity index (χ4v) is 2.91. The van der Waals surface area contributed by atoms with E-state index >= 15 is 0 Å². The number of nitrogens with zero attached hydrogens (tertiary/aromatic N) is 2. The van der Waals surface area contributed by atoms with E-state index in [1.165, 1.54) is 0 Å². The minimum Gasteiger partial charge on any atom is -0.294 e. The number of carbonyl (C=O) groups excluding carboxylic acids is 1. The molecule has 0 unspecified atom stereocenters. The summed E-state index contributed by atoms with van der Waals surface area (Å²) in [4.78, 5) is 12.4. The van der Waals surface area contributed by atoms with Gasteiger partial charge in [-0.1, -0.05) is 41.4 Å². The molecule has 0 saturated heterocycles. The number of aryl methyl sites for hydroxylation is 1. The van der Waals surface area contributed by atoms with Gasteiger partial charge in [-0.25, -0.2) is 0 Å². The Morgan fingerprint density at radius 1 is 1.14 bits per heavy atom. The van der Waals surface area contributed by atoms with Crippen LogP contribution in [0.3, 0.4) is 0 Å². The zero-order valence-electron chi connectivity index (χ0n) is 11.3. The van der Waals surface area contributed by atoms with Crippen LogP contribution in [0.1, 0.15) is 16.1 Å². The third-order valence-corrected chi connectivity index (χ3v) is 3.78. The normalized spacial score (nSPS) is 11.0. The Labute approximate surface area is 132 Å². The number of carbonyl (C=O) groups is 1. The average molecular weight is 319 g/mol. The summed E-state index contributed by atoms with van der Waals surface area (Å²) in [5.41, 5.74) is 2.26. The van der Waals surface area contributed by atoms with E-state index in [9.17, 15) is 4.79 Å². The lowest BCUT2D eigenvalue weighted by molar-refractivity contribution is 0.0992. The molecule has 0 saturated carbocycles. The topological polar surface area (TPSA) is 34.9 Å². The molecular weight excluding hydrogens is 307 g/mol. The SMILES string of the molecule is Cn1nc(CC(=O)c2cc(Cl)cc(Cl)c2)c2ccccc21. The summed E-state index contributed by atoms with van der Waals surface area (Å²) in [6.45, 7) is 0. The third-order valence-electron chi connectivity index (χ3n) is 3.35. The van der Waals surface area contributed by atoms with E-state index in [-0.39, 0.29) is 12.2 Å². The van der Waals surface area contributed by atoms with Crippen LogP contribution in [0.5, 0.6) is 0 Å². The van der Waals surface area contributed by atoms with Crippen LogP contribution < -0.4 is 0 Å². The van der Waals surface area contributed by atoms with E-state index < -0.39 is 0 Å². The molecule has 0 aliphatic carbocycles. The Balaban J connectivity index is 1.96. The molecule has 0 aliphatic heterocycles. The van der Waals surface area contributed by atoms with E-state index in [2.05, 4.69) is 5.10 Å². The zero-order chi connectivity index (χ0) is 15.0. The minimum atomic E-state index is -0.0525. The molecule has 106 valence electrons. The Hall–Kier alpha value is -1.84. The molecule has 21 heavy (non-hydrogen) atoms. The van der Waals surface area contributed by atoms with Gasteiger partial charge in [-0.2, -0.15) is 5.10 Å². The summed E-state index contributed by atoms with van der Waals surface area (Å²) in [6, 6.07) is 12.7.